The van der Waals surface area contributed by atoms with E-state index < -0.39 is 6.23 Å². The molecule has 0 radical (unpaired) electrons. The molecule has 3 unspecified atom stereocenters. The Balaban J connectivity index is 4.69. The Kier molecular flexibility index (Phi) is 35.0. The minimum atomic E-state index is -0.496. The van der Waals surface area contributed by atoms with Crippen molar-refractivity contribution in [3.05, 3.63) is 0 Å². The Morgan fingerprint density at radius 1 is 0.356 bits per heavy atom. The fraction of sp³-hybridized carbons (Fsp3) is 1.00. The van der Waals surface area contributed by atoms with E-state index in [9.17, 15) is 15.3 Å². The molecule has 0 aliphatic carbocycles. The first-order valence-corrected chi connectivity index (χ1v) is 20.5. The van der Waals surface area contributed by atoms with E-state index in [-0.39, 0.29) is 12.2 Å². The van der Waals surface area contributed by atoms with Gasteiger partial charge in [0.2, 0.25) is 0 Å². The summed E-state index contributed by atoms with van der Waals surface area (Å²) in [6, 6.07) is 0. The highest BCUT2D eigenvalue weighted by atomic mass is 16.3. The highest BCUT2D eigenvalue weighted by Gasteiger charge is 2.21. The second kappa shape index (κ2) is 35.1. The minimum absolute atomic E-state index is 0.278. The summed E-state index contributed by atoms with van der Waals surface area (Å²) in [6.45, 7) is 12.8. The third-order valence-electron chi connectivity index (χ3n) is 9.68. The summed E-state index contributed by atoms with van der Waals surface area (Å²) in [7, 11) is 0. The van der Waals surface area contributed by atoms with Crippen LogP contribution in [0.3, 0.4) is 0 Å². The van der Waals surface area contributed by atoms with Gasteiger partial charge in [0, 0.05) is 26.2 Å². The van der Waals surface area contributed by atoms with Gasteiger partial charge in [0.05, 0.1) is 12.2 Å². The number of rotatable bonds is 37. The number of aliphatic hydroxyl groups is 3. The van der Waals surface area contributed by atoms with Crippen molar-refractivity contribution in [2.75, 3.05) is 32.7 Å². The standard InChI is InChI=1S/C40H84N2O3/c1-5-9-12-15-18-21-24-27-30-38(43)36-41(33-8-4)34-35-42(40(45)32-29-26-23-20-17-14-11-7-3)37-39(44)31-28-25-22-19-16-13-10-6-2/h38-40,43-45H,5-37H2,1-4H3. The van der Waals surface area contributed by atoms with Crippen LogP contribution in [0.4, 0.5) is 0 Å². The van der Waals surface area contributed by atoms with E-state index in [1.165, 1.54) is 135 Å². The topological polar surface area (TPSA) is 67.2 Å². The average molecular weight is 641 g/mol. The molecule has 0 aromatic rings. The third-order valence-corrected chi connectivity index (χ3v) is 9.68. The van der Waals surface area contributed by atoms with E-state index in [2.05, 4.69) is 37.5 Å². The van der Waals surface area contributed by atoms with Gasteiger partial charge in [0.15, 0.2) is 0 Å². The molecule has 0 aliphatic heterocycles. The van der Waals surface area contributed by atoms with Gasteiger partial charge in [0.25, 0.3) is 0 Å². The summed E-state index contributed by atoms with van der Waals surface area (Å²) < 4.78 is 0. The predicted molar refractivity (Wildman–Crippen MR) is 198 cm³/mol. The van der Waals surface area contributed by atoms with Gasteiger partial charge >= 0.3 is 0 Å². The van der Waals surface area contributed by atoms with Crippen LogP contribution in [-0.4, -0.2) is 76.3 Å². The van der Waals surface area contributed by atoms with Crippen molar-refractivity contribution in [3.8, 4) is 0 Å². The highest BCUT2D eigenvalue weighted by Crippen LogP contribution is 2.16. The molecule has 0 saturated carbocycles. The molecule has 5 nitrogen and oxygen atoms in total. The van der Waals surface area contributed by atoms with Gasteiger partial charge in [0.1, 0.15) is 6.23 Å². The van der Waals surface area contributed by atoms with E-state index >= 15 is 0 Å². The Labute approximate surface area is 283 Å². The van der Waals surface area contributed by atoms with Crippen LogP contribution in [0.25, 0.3) is 0 Å². The lowest BCUT2D eigenvalue weighted by Crippen LogP contribution is -2.46. The Bertz CT molecular complexity index is 564. The number of unbranched alkanes of at least 4 members (excludes halogenated alkanes) is 21. The van der Waals surface area contributed by atoms with Crippen LogP contribution in [0.15, 0.2) is 0 Å². The number of nitrogens with zero attached hydrogens (tertiary/aromatic N) is 2. The molecule has 5 heteroatoms. The van der Waals surface area contributed by atoms with Gasteiger partial charge in [-0.25, -0.2) is 0 Å². The molecule has 0 aliphatic rings. The Morgan fingerprint density at radius 3 is 1.11 bits per heavy atom. The Hall–Kier alpha value is -0.200. The maximum absolute atomic E-state index is 11.2. The molecule has 0 amide bonds. The monoisotopic (exact) mass is 641 g/mol. The number of hydrogen-bond donors (Lipinski definition) is 3. The molecule has 3 N–H and O–H groups in total. The molecule has 0 rings (SSSR count). The van der Waals surface area contributed by atoms with Crippen molar-refractivity contribution >= 4 is 0 Å². The van der Waals surface area contributed by atoms with Crippen LogP contribution in [-0.2, 0) is 0 Å². The van der Waals surface area contributed by atoms with E-state index in [0.717, 1.165) is 64.6 Å². The molecule has 0 saturated heterocycles. The largest absolute Gasteiger partial charge is 0.392 e. The number of aliphatic hydroxyl groups excluding tert-OH is 3. The van der Waals surface area contributed by atoms with E-state index in [1.807, 2.05) is 0 Å². The number of hydrogen-bond acceptors (Lipinski definition) is 5. The van der Waals surface area contributed by atoms with Gasteiger partial charge in [-0.15, -0.1) is 0 Å². The molecule has 45 heavy (non-hydrogen) atoms. The van der Waals surface area contributed by atoms with Crippen molar-refractivity contribution in [1.29, 1.82) is 0 Å². The van der Waals surface area contributed by atoms with Gasteiger partial charge in [-0.3, -0.25) is 9.80 Å². The summed E-state index contributed by atoms with van der Waals surface area (Å²) in [5.74, 6) is 0. The molecule has 0 aromatic carbocycles. The maximum Gasteiger partial charge on any atom is 0.107 e. The molecule has 0 spiro atoms. The van der Waals surface area contributed by atoms with Crippen molar-refractivity contribution in [3.63, 3.8) is 0 Å². The van der Waals surface area contributed by atoms with Crippen LogP contribution < -0.4 is 0 Å². The zero-order valence-corrected chi connectivity index (χ0v) is 31.3. The summed E-state index contributed by atoms with van der Waals surface area (Å²) in [5.41, 5.74) is 0. The van der Waals surface area contributed by atoms with Crippen molar-refractivity contribution in [1.82, 2.24) is 9.80 Å². The lowest BCUT2D eigenvalue weighted by molar-refractivity contribution is -0.0358. The van der Waals surface area contributed by atoms with Crippen LogP contribution in [0.2, 0.25) is 0 Å². The van der Waals surface area contributed by atoms with Crippen LogP contribution in [0.1, 0.15) is 207 Å². The molecule has 3 atom stereocenters. The maximum atomic E-state index is 11.2. The van der Waals surface area contributed by atoms with Crippen LogP contribution in [0, 0.1) is 0 Å². The second-order valence-corrected chi connectivity index (χ2v) is 14.4. The van der Waals surface area contributed by atoms with E-state index in [1.54, 1.807) is 0 Å². The van der Waals surface area contributed by atoms with E-state index in [4.69, 9.17) is 0 Å². The average Bonchev–Trinajstić information content (AvgIpc) is 3.03. The molecule has 0 fully saturated rings. The summed E-state index contributed by atoms with van der Waals surface area (Å²) in [5, 5.41) is 33.0. The van der Waals surface area contributed by atoms with Gasteiger partial charge in [-0.2, -0.15) is 0 Å². The quantitative estimate of drug-likeness (QED) is 0.0466. The predicted octanol–water partition coefficient (Wildman–Crippen LogP) is 10.6. The van der Waals surface area contributed by atoms with Crippen LogP contribution in [0.5, 0.6) is 0 Å². The smallest absolute Gasteiger partial charge is 0.107 e. The van der Waals surface area contributed by atoms with Gasteiger partial charge in [-0.05, 0) is 38.6 Å². The zero-order chi connectivity index (χ0) is 33.2. The van der Waals surface area contributed by atoms with E-state index in [0.29, 0.717) is 13.1 Å². The molecule has 272 valence electrons. The first-order chi connectivity index (χ1) is 22.0. The zero-order valence-electron chi connectivity index (χ0n) is 31.3. The lowest BCUT2D eigenvalue weighted by Gasteiger charge is -2.33. The first-order valence-electron chi connectivity index (χ1n) is 20.5. The molecule has 0 aromatic heterocycles. The SMILES string of the molecule is CCCCCCCCCCC(O)CN(CCC)CCN(CC(O)CCCCCCCCCC)C(O)CCCCCCCCCC. The third kappa shape index (κ3) is 30.9. The molecule has 0 heterocycles. The normalized spacial score (nSPS) is 14.1. The summed E-state index contributed by atoms with van der Waals surface area (Å²) in [6.07, 6.45) is 33.1. The second-order valence-electron chi connectivity index (χ2n) is 14.4. The molecular weight excluding hydrogens is 556 g/mol. The van der Waals surface area contributed by atoms with Gasteiger partial charge < -0.3 is 15.3 Å². The molecular formula is C40H84N2O3. The summed E-state index contributed by atoms with van der Waals surface area (Å²) >= 11 is 0. The lowest BCUT2D eigenvalue weighted by atomic mass is 10.0. The van der Waals surface area contributed by atoms with Crippen molar-refractivity contribution < 1.29 is 15.3 Å². The Morgan fingerprint density at radius 2 is 0.711 bits per heavy atom. The fourth-order valence-corrected chi connectivity index (χ4v) is 6.66. The van der Waals surface area contributed by atoms with Crippen molar-refractivity contribution in [2.24, 2.45) is 0 Å². The van der Waals surface area contributed by atoms with Crippen molar-refractivity contribution in [2.45, 2.75) is 226 Å². The fourth-order valence-electron chi connectivity index (χ4n) is 6.66. The van der Waals surface area contributed by atoms with Gasteiger partial charge in [-0.1, -0.05) is 175 Å². The summed E-state index contributed by atoms with van der Waals surface area (Å²) in [4.78, 5) is 4.53. The minimum Gasteiger partial charge on any atom is -0.392 e. The highest BCUT2D eigenvalue weighted by molar-refractivity contribution is 4.73. The van der Waals surface area contributed by atoms with Crippen LogP contribution >= 0.6 is 0 Å². The molecule has 0 bridgehead atoms. The first kappa shape index (κ1) is 44.8.